The van der Waals surface area contributed by atoms with E-state index in [4.69, 9.17) is 17.4 Å². The summed E-state index contributed by atoms with van der Waals surface area (Å²) in [6.45, 7) is 4.08. The Balaban J connectivity index is 2.42. The first-order valence-electron chi connectivity index (χ1n) is 5.38. The van der Waals surface area contributed by atoms with E-state index in [1.165, 1.54) is 11.1 Å². The minimum absolute atomic E-state index is 0.000602. The first kappa shape index (κ1) is 12.6. The van der Waals surface area contributed by atoms with Crippen molar-refractivity contribution in [2.24, 2.45) is 5.84 Å². The quantitative estimate of drug-likeness (QED) is 0.658. The summed E-state index contributed by atoms with van der Waals surface area (Å²) >= 11 is 7.83. The number of thiophene rings is 1. The van der Waals surface area contributed by atoms with E-state index >= 15 is 0 Å². The van der Waals surface area contributed by atoms with Crippen LogP contribution >= 0.6 is 22.9 Å². The van der Waals surface area contributed by atoms with Gasteiger partial charge in [-0.15, -0.1) is 0 Å². The highest BCUT2D eigenvalue weighted by Gasteiger charge is 2.15. The summed E-state index contributed by atoms with van der Waals surface area (Å²) in [5, 5.41) is 5.01. The Labute approximate surface area is 110 Å². The number of hydrogen-bond acceptors (Lipinski definition) is 3. The predicted molar refractivity (Wildman–Crippen MR) is 74.4 cm³/mol. The van der Waals surface area contributed by atoms with Gasteiger partial charge in [-0.2, -0.15) is 11.3 Å². The first-order valence-corrected chi connectivity index (χ1v) is 6.70. The summed E-state index contributed by atoms with van der Waals surface area (Å²) in [7, 11) is 0. The molecule has 0 aliphatic heterocycles. The topological polar surface area (TPSA) is 38.0 Å². The summed E-state index contributed by atoms with van der Waals surface area (Å²) in [6.07, 6.45) is 0. The van der Waals surface area contributed by atoms with E-state index in [-0.39, 0.29) is 6.04 Å². The summed E-state index contributed by atoms with van der Waals surface area (Å²) in [5.74, 6) is 5.66. The normalized spacial score (nSPS) is 12.7. The van der Waals surface area contributed by atoms with Gasteiger partial charge < -0.3 is 0 Å². The lowest BCUT2D eigenvalue weighted by Gasteiger charge is -2.17. The van der Waals surface area contributed by atoms with E-state index in [9.17, 15) is 0 Å². The molecule has 0 amide bonds. The molecular weight excluding hydrogens is 252 g/mol. The molecule has 0 aliphatic rings. The Hall–Kier alpha value is -0.870. The second-order valence-electron chi connectivity index (χ2n) is 4.12. The number of nitrogens with two attached hydrogens (primary N) is 1. The molecule has 2 rings (SSSR count). The average molecular weight is 267 g/mol. The Bertz CT molecular complexity index is 522. The van der Waals surface area contributed by atoms with E-state index in [1.807, 2.05) is 19.1 Å². The van der Waals surface area contributed by atoms with Crippen molar-refractivity contribution in [3.05, 3.63) is 56.2 Å². The second kappa shape index (κ2) is 5.19. The Kier molecular flexibility index (Phi) is 3.84. The highest BCUT2D eigenvalue weighted by molar-refractivity contribution is 7.08. The van der Waals surface area contributed by atoms with Crippen molar-refractivity contribution >= 4 is 22.9 Å². The number of hydrazine groups is 1. The highest BCUT2D eigenvalue weighted by atomic mass is 35.5. The summed E-state index contributed by atoms with van der Waals surface area (Å²) < 4.78 is 0. The minimum atomic E-state index is -0.000602. The van der Waals surface area contributed by atoms with Crippen LogP contribution in [-0.4, -0.2) is 0 Å². The fourth-order valence-electron chi connectivity index (χ4n) is 1.82. The predicted octanol–water partition coefficient (Wildman–Crippen LogP) is 3.57. The number of benzene rings is 1. The van der Waals surface area contributed by atoms with Gasteiger partial charge in [0.15, 0.2) is 0 Å². The second-order valence-corrected chi connectivity index (χ2v) is 5.27. The fraction of sp³-hybridized carbons (Fsp3) is 0.231. The van der Waals surface area contributed by atoms with Gasteiger partial charge in [0.05, 0.1) is 6.04 Å². The molecule has 1 aromatic carbocycles. The van der Waals surface area contributed by atoms with Gasteiger partial charge in [-0.1, -0.05) is 23.7 Å². The zero-order valence-electron chi connectivity index (χ0n) is 9.83. The molecule has 0 saturated carbocycles. The third kappa shape index (κ3) is 2.53. The molecule has 17 heavy (non-hydrogen) atoms. The van der Waals surface area contributed by atoms with Crippen LogP contribution in [0.15, 0.2) is 29.0 Å². The van der Waals surface area contributed by atoms with E-state index in [0.29, 0.717) is 0 Å². The molecule has 4 heteroatoms. The number of rotatable bonds is 3. The number of halogens is 1. The zero-order chi connectivity index (χ0) is 12.4. The van der Waals surface area contributed by atoms with Gasteiger partial charge >= 0.3 is 0 Å². The van der Waals surface area contributed by atoms with Crippen LogP contribution in [0.5, 0.6) is 0 Å². The monoisotopic (exact) mass is 266 g/mol. The molecule has 1 atom stereocenters. The molecule has 1 unspecified atom stereocenters. The van der Waals surface area contributed by atoms with Crippen LogP contribution in [0, 0.1) is 13.8 Å². The number of hydrogen-bond donors (Lipinski definition) is 2. The molecule has 90 valence electrons. The molecule has 2 nitrogen and oxygen atoms in total. The van der Waals surface area contributed by atoms with Crippen LogP contribution in [0.3, 0.4) is 0 Å². The van der Waals surface area contributed by atoms with Gasteiger partial charge in [-0.05, 0) is 52.9 Å². The van der Waals surface area contributed by atoms with Crippen LogP contribution < -0.4 is 11.3 Å². The third-order valence-electron chi connectivity index (χ3n) is 2.90. The van der Waals surface area contributed by atoms with E-state index < -0.39 is 0 Å². The lowest BCUT2D eigenvalue weighted by atomic mass is 9.98. The Morgan fingerprint density at radius 3 is 2.53 bits per heavy atom. The van der Waals surface area contributed by atoms with Crippen LogP contribution in [0.1, 0.15) is 28.3 Å². The summed E-state index contributed by atoms with van der Waals surface area (Å²) in [6, 6.07) is 6.05. The molecule has 0 bridgehead atoms. The van der Waals surface area contributed by atoms with Crippen LogP contribution in [-0.2, 0) is 0 Å². The van der Waals surface area contributed by atoms with Gasteiger partial charge in [0, 0.05) is 5.02 Å². The SMILES string of the molecule is Cc1ccc(C(NN)c2cscc2C)cc1Cl. The highest BCUT2D eigenvalue weighted by Crippen LogP contribution is 2.29. The summed E-state index contributed by atoms with van der Waals surface area (Å²) in [4.78, 5) is 0. The molecule has 0 radical (unpaired) electrons. The maximum Gasteiger partial charge on any atom is 0.0721 e. The van der Waals surface area contributed by atoms with E-state index in [1.54, 1.807) is 11.3 Å². The Morgan fingerprint density at radius 1 is 1.24 bits per heavy atom. The van der Waals surface area contributed by atoms with Gasteiger partial charge in [-0.25, -0.2) is 5.43 Å². The number of aryl methyl sites for hydroxylation is 2. The van der Waals surface area contributed by atoms with Crippen molar-refractivity contribution in [1.82, 2.24) is 5.43 Å². The van der Waals surface area contributed by atoms with Crippen molar-refractivity contribution in [3.63, 3.8) is 0 Å². The third-order valence-corrected chi connectivity index (χ3v) is 4.19. The van der Waals surface area contributed by atoms with E-state index in [0.717, 1.165) is 16.1 Å². The van der Waals surface area contributed by atoms with Gasteiger partial charge in [0.2, 0.25) is 0 Å². The van der Waals surface area contributed by atoms with Crippen LogP contribution in [0.25, 0.3) is 0 Å². The lowest BCUT2D eigenvalue weighted by Crippen LogP contribution is -2.29. The average Bonchev–Trinajstić information content (AvgIpc) is 2.71. The summed E-state index contributed by atoms with van der Waals surface area (Å²) in [5.41, 5.74) is 7.47. The minimum Gasteiger partial charge on any atom is -0.271 e. The van der Waals surface area contributed by atoms with Crippen molar-refractivity contribution in [3.8, 4) is 0 Å². The first-order chi connectivity index (χ1) is 8.13. The molecule has 1 heterocycles. The lowest BCUT2D eigenvalue weighted by molar-refractivity contribution is 0.636. The maximum absolute atomic E-state index is 6.15. The largest absolute Gasteiger partial charge is 0.271 e. The van der Waals surface area contributed by atoms with Gasteiger partial charge in [0.1, 0.15) is 0 Å². The van der Waals surface area contributed by atoms with Crippen molar-refractivity contribution in [2.75, 3.05) is 0 Å². The molecule has 0 fully saturated rings. The zero-order valence-corrected chi connectivity index (χ0v) is 11.4. The van der Waals surface area contributed by atoms with Crippen LogP contribution in [0.4, 0.5) is 0 Å². The molecule has 0 spiro atoms. The van der Waals surface area contributed by atoms with Gasteiger partial charge in [-0.3, -0.25) is 5.84 Å². The fourth-order valence-corrected chi connectivity index (χ4v) is 2.89. The smallest absolute Gasteiger partial charge is 0.0721 e. The molecule has 0 aliphatic carbocycles. The van der Waals surface area contributed by atoms with Crippen molar-refractivity contribution < 1.29 is 0 Å². The van der Waals surface area contributed by atoms with E-state index in [2.05, 4.69) is 29.2 Å². The van der Waals surface area contributed by atoms with Crippen molar-refractivity contribution in [2.45, 2.75) is 19.9 Å². The standard InChI is InChI=1S/C13H15ClN2S/c1-8-3-4-10(5-12(8)14)13(16-15)11-7-17-6-9(11)2/h3-7,13,16H,15H2,1-2H3. The molecular formula is C13H15ClN2S. The molecule has 0 saturated heterocycles. The molecule has 2 aromatic rings. The maximum atomic E-state index is 6.15. The Morgan fingerprint density at radius 2 is 2.00 bits per heavy atom. The van der Waals surface area contributed by atoms with Crippen LogP contribution in [0.2, 0.25) is 5.02 Å². The number of nitrogens with one attached hydrogen (secondary N) is 1. The van der Waals surface area contributed by atoms with Crippen molar-refractivity contribution in [1.29, 1.82) is 0 Å². The molecule has 1 aromatic heterocycles. The van der Waals surface area contributed by atoms with Gasteiger partial charge in [0.25, 0.3) is 0 Å². The molecule has 3 N–H and O–H groups in total.